The highest BCUT2D eigenvalue weighted by Gasteiger charge is 2.56. The number of rotatable bonds is 6. The number of hydrogen-bond donors (Lipinski definition) is 0. The minimum Gasteiger partial charge on any atom is -0.405 e. The van der Waals surface area contributed by atoms with Crippen LogP contribution in [0.4, 0.5) is 0 Å². The van der Waals surface area contributed by atoms with Crippen LogP contribution in [-0.2, 0) is 14.3 Å². The van der Waals surface area contributed by atoms with Gasteiger partial charge in [0.05, 0.1) is 0 Å². The Morgan fingerprint density at radius 3 is 2.25 bits per heavy atom. The second-order valence-corrected chi connectivity index (χ2v) is 8.13. The molecule has 0 N–H and O–H groups in total. The van der Waals surface area contributed by atoms with Crippen molar-refractivity contribution in [2.75, 3.05) is 0 Å². The molecule has 144 valence electrons. The van der Waals surface area contributed by atoms with E-state index in [0.717, 1.165) is 15.6 Å². The fraction of sp³-hybridized carbons (Fsp3) is 0.261. The quantitative estimate of drug-likeness (QED) is 0.465. The molecule has 2 aromatic rings. The first-order valence-electron chi connectivity index (χ1n) is 9.10. The van der Waals surface area contributed by atoms with Crippen molar-refractivity contribution in [1.82, 2.24) is 0 Å². The summed E-state index contributed by atoms with van der Waals surface area (Å²) in [6.07, 6.45) is 0. The van der Waals surface area contributed by atoms with Gasteiger partial charge in [0.2, 0.25) is 5.90 Å². The molecule has 0 bridgehead atoms. The lowest BCUT2D eigenvalue weighted by Gasteiger charge is -2.35. The molecule has 1 heterocycles. The van der Waals surface area contributed by atoms with Crippen molar-refractivity contribution >= 4 is 33.6 Å². The Kier molecular flexibility index (Phi) is 5.66. The third-order valence-corrected chi connectivity index (χ3v) is 5.68. The fourth-order valence-electron chi connectivity index (χ4n) is 3.57. The highest BCUT2D eigenvalue weighted by molar-refractivity contribution is 9.10. The van der Waals surface area contributed by atoms with Gasteiger partial charge in [0.1, 0.15) is 0 Å². The van der Waals surface area contributed by atoms with Gasteiger partial charge in [-0.15, -0.1) is 0 Å². The van der Waals surface area contributed by atoms with Gasteiger partial charge < -0.3 is 4.74 Å². The first-order chi connectivity index (χ1) is 13.3. The minimum absolute atomic E-state index is 0.177. The van der Waals surface area contributed by atoms with Crippen molar-refractivity contribution in [3.8, 4) is 0 Å². The third-order valence-electron chi connectivity index (χ3n) is 5.15. The van der Waals surface area contributed by atoms with Gasteiger partial charge in [0.15, 0.2) is 11.3 Å². The maximum absolute atomic E-state index is 13.2. The Morgan fingerprint density at radius 2 is 1.71 bits per heavy atom. The van der Waals surface area contributed by atoms with Gasteiger partial charge in [-0.3, -0.25) is 4.79 Å². The molecule has 4 nitrogen and oxygen atoms in total. The summed E-state index contributed by atoms with van der Waals surface area (Å²) in [5, 5.41) is 0. The number of cyclic esters (lactones) is 1. The van der Waals surface area contributed by atoms with E-state index >= 15 is 0 Å². The average molecular weight is 440 g/mol. The molecule has 0 fully saturated rings. The van der Waals surface area contributed by atoms with Crippen molar-refractivity contribution in [3.63, 3.8) is 0 Å². The number of halogens is 1. The molecular formula is C23H22BrNO3. The van der Waals surface area contributed by atoms with Crippen LogP contribution < -0.4 is 0 Å². The van der Waals surface area contributed by atoms with Crippen molar-refractivity contribution < 1.29 is 14.3 Å². The van der Waals surface area contributed by atoms with Crippen molar-refractivity contribution in [1.29, 1.82) is 0 Å². The molecule has 2 aromatic carbocycles. The van der Waals surface area contributed by atoms with Crippen LogP contribution in [0.3, 0.4) is 0 Å². The standard InChI is InChI=1S/C23H22BrNO3/c1-14(2)23(22(27)28-21(25-23)18-8-6-5-7-9-18)20(15(3)16(4)26)17-10-12-19(24)13-11-17/h5-14,20H,3H2,1-2,4H3/t20-,23-/m0/s1. The second-order valence-electron chi connectivity index (χ2n) is 7.22. The number of benzene rings is 2. The van der Waals surface area contributed by atoms with Crippen LogP contribution in [0.15, 0.2) is 76.2 Å². The Hall–Kier alpha value is -2.53. The predicted octanol–water partition coefficient (Wildman–Crippen LogP) is 5.08. The maximum Gasteiger partial charge on any atom is 0.342 e. The lowest BCUT2D eigenvalue weighted by atomic mass is 9.69. The molecule has 0 unspecified atom stereocenters. The Morgan fingerprint density at radius 1 is 1.11 bits per heavy atom. The summed E-state index contributed by atoms with van der Waals surface area (Å²) in [7, 11) is 0. The molecule has 28 heavy (non-hydrogen) atoms. The van der Waals surface area contributed by atoms with E-state index < -0.39 is 17.4 Å². The summed E-state index contributed by atoms with van der Waals surface area (Å²) in [4.78, 5) is 30.3. The van der Waals surface area contributed by atoms with Crippen LogP contribution in [0.25, 0.3) is 0 Å². The van der Waals surface area contributed by atoms with Gasteiger partial charge in [-0.05, 0) is 48.2 Å². The summed E-state index contributed by atoms with van der Waals surface area (Å²) in [5.74, 6) is -1.20. The molecule has 0 spiro atoms. The topological polar surface area (TPSA) is 55.7 Å². The third kappa shape index (κ3) is 3.47. The van der Waals surface area contributed by atoms with E-state index in [4.69, 9.17) is 9.73 Å². The van der Waals surface area contributed by atoms with Crippen molar-refractivity contribution in [3.05, 3.63) is 82.3 Å². The highest BCUT2D eigenvalue weighted by atomic mass is 79.9. The first kappa shape index (κ1) is 20.2. The zero-order valence-corrected chi connectivity index (χ0v) is 17.7. The van der Waals surface area contributed by atoms with Crippen LogP contribution in [-0.4, -0.2) is 23.2 Å². The summed E-state index contributed by atoms with van der Waals surface area (Å²) in [6, 6.07) is 16.8. The van der Waals surface area contributed by atoms with Crippen LogP contribution in [0, 0.1) is 5.92 Å². The molecule has 0 radical (unpaired) electrons. The summed E-state index contributed by atoms with van der Waals surface area (Å²) < 4.78 is 6.54. The van der Waals surface area contributed by atoms with E-state index in [1.54, 1.807) is 0 Å². The largest absolute Gasteiger partial charge is 0.405 e. The van der Waals surface area contributed by atoms with E-state index in [1.807, 2.05) is 68.4 Å². The van der Waals surface area contributed by atoms with Gasteiger partial charge >= 0.3 is 5.97 Å². The molecule has 5 heteroatoms. The maximum atomic E-state index is 13.2. The molecule has 2 atom stereocenters. The van der Waals surface area contributed by atoms with Crippen molar-refractivity contribution in [2.45, 2.75) is 32.2 Å². The van der Waals surface area contributed by atoms with Crippen molar-refractivity contribution in [2.24, 2.45) is 10.9 Å². The Balaban J connectivity index is 2.22. The molecule has 0 aromatic heterocycles. The Labute approximate surface area is 173 Å². The SMILES string of the molecule is C=C(C(C)=O)[C@@H](c1ccc(Br)cc1)[C@]1(C(C)C)N=C(c2ccccc2)OC1=O. The molecule has 0 saturated carbocycles. The summed E-state index contributed by atoms with van der Waals surface area (Å²) in [5.41, 5.74) is 0.599. The van der Waals surface area contributed by atoms with Gasteiger partial charge in [-0.1, -0.05) is 66.7 Å². The number of Topliss-reactive ketones (excluding diaryl/α,β-unsaturated/α-hetero) is 1. The smallest absolute Gasteiger partial charge is 0.342 e. The van der Waals surface area contributed by atoms with Crippen LogP contribution in [0.5, 0.6) is 0 Å². The van der Waals surface area contributed by atoms with E-state index in [9.17, 15) is 9.59 Å². The lowest BCUT2D eigenvalue weighted by Crippen LogP contribution is -2.46. The number of ketones is 1. The molecule has 1 aliphatic heterocycles. The van der Waals surface area contributed by atoms with Gasteiger partial charge in [0.25, 0.3) is 0 Å². The normalized spacial score (nSPS) is 19.9. The average Bonchev–Trinajstić information content (AvgIpc) is 3.02. The van der Waals surface area contributed by atoms with Crippen LogP contribution in [0.1, 0.15) is 37.8 Å². The molecule has 1 aliphatic rings. The summed E-state index contributed by atoms with van der Waals surface area (Å²) >= 11 is 3.43. The molecule has 0 saturated heterocycles. The number of ether oxygens (including phenoxy) is 1. The number of esters is 1. The molecule has 0 aliphatic carbocycles. The number of carbonyl (C=O) groups is 2. The van der Waals surface area contributed by atoms with E-state index in [-0.39, 0.29) is 17.6 Å². The molecule has 0 amide bonds. The van der Waals surface area contributed by atoms with Gasteiger partial charge in [-0.2, -0.15) is 0 Å². The highest BCUT2D eigenvalue weighted by Crippen LogP contribution is 2.46. The fourth-order valence-corrected chi connectivity index (χ4v) is 3.83. The summed E-state index contributed by atoms with van der Waals surface area (Å²) in [6.45, 7) is 9.31. The molecular weight excluding hydrogens is 418 g/mol. The van der Waals surface area contributed by atoms with Gasteiger partial charge in [0, 0.05) is 16.0 Å². The van der Waals surface area contributed by atoms with Gasteiger partial charge in [-0.25, -0.2) is 9.79 Å². The van der Waals surface area contributed by atoms with E-state index in [1.165, 1.54) is 6.92 Å². The van der Waals surface area contributed by atoms with E-state index in [2.05, 4.69) is 22.5 Å². The predicted molar refractivity (Wildman–Crippen MR) is 113 cm³/mol. The first-order valence-corrected chi connectivity index (χ1v) is 9.89. The number of hydrogen-bond acceptors (Lipinski definition) is 4. The number of aliphatic imine (C=N–C) groups is 1. The van der Waals surface area contributed by atoms with Crippen LogP contribution >= 0.6 is 15.9 Å². The van der Waals surface area contributed by atoms with E-state index in [0.29, 0.717) is 5.57 Å². The second kappa shape index (κ2) is 7.84. The zero-order chi connectivity index (χ0) is 20.5. The minimum atomic E-state index is -1.26. The molecule has 3 rings (SSSR count). The zero-order valence-electron chi connectivity index (χ0n) is 16.1. The lowest BCUT2D eigenvalue weighted by molar-refractivity contribution is -0.141. The number of nitrogens with zero attached hydrogens (tertiary/aromatic N) is 1. The monoisotopic (exact) mass is 439 g/mol. The Bertz CT molecular complexity index is 948. The van der Waals surface area contributed by atoms with Crippen LogP contribution in [0.2, 0.25) is 0 Å². The number of carbonyl (C=O) groups excluding carboxylic acids is 2.